The molecule has 0 amide bonds. The summed E-state index contributed by atoms with van der Waals surface area (Å²) in [5.74, 6) is 0. The molecule has 0 radical (unpaired) electrons. The predicted octanol–water partition coefficient (Wildman–Crippen LogP) is 0.468. The van der Waals surface area contributed by atoms with E-state index in [-0.39, 0.29) is 0 Å². The molecule has 0 aliphatic rings. The Morgan fingerprint density at radius 3 is 3.12 bits per heavy atom. The Hall–Kier alpha value is -0.490. The van der Waals surface area contributed by atoms with E-state index < -0.39 is 19.8 Å². The van der Waals surface area contributed by atoms with Crippen molar-refractivity contribution in [3.63, 3.8) is 0 Å². The van der Waals surface area contributed by atoms with Gasteiger partial charge in [0.05, 0.1) is 0 Å². The summed E-state index contributed by atoms with van der Waals surface area (Å²) >= 11 is -0.394. The molecule has 0 bridgehead atoms. The van der Waals surface area contributed by atoms with E-state index in [1.165, 1.54) is 0 Å². The van der Waals surface area contributed by atoms with Crippen molar-refractivity contribution < 1.29 is 24.2 Å². The zero-order valence-corrected chi connectivity index (χ0v) is 6.06. The molecule has 1 aromatic rings. The van der Waals surface area contributed by atoms with Crippen molar-refractivity contribution in [1.29, 1.82) is 5.26 Å². The van der Waals surface area contributed by atoms with Gasteiger partial charge in [0.15, 0.2) is 0 Å². The zero-order valence-electron chi connectivity index (χ0n) is 3.89. The average Bonchev–Trinajstić information content (AvgIpc) is 2.19. The number of hydrogen-bond donors (Lipinski definition) is 0. The fraction of sp³-hybridized carbons (Fsp3) is 0. The number of furan rings is 1. The molecule has 0 aliphatic heterocycles. The molecule has 0 N–H and O–H groups in total. The standard InChI is InChI=1S/C4H3O.CN.Au/c1-2-4-5-3-1;1-2;/h1-3H;;. The molecule has 0 saturated carbocycles. The fourth-order valence-electron chi connectivity index (χ4n) is 0.322. The van der Waals surface area contributed by atoms with E-state index in [0.717, 1.165) is 3.98 Å². The predicted molar refractivity (Wildman–Crippen MR) is 24.0 cm³/mol. The summed E-state index contributed by atoms with van der Waals surface area (Å²) in [5.41, 5.74) is 0. The second-order valence-electron chi connectivity index (χ2n) is 1.02. The van der Waals surface area contributed by atoms with Crippen molar-refractivity contribution >= 4 is 3.98 Å². The summed E-state index contributed by atoms with van der Waals surface area (Å²) in [6.07, 6.45) is 1.59. The molecule has 0 fully saturated rings. The van der Waals surface area contributed by atoms with Crippen molar-refractivity contribution in [3.8, 4) is 4.29 Å². The molecule has 0 aliphatic carbocycles. The van der Waals surface area contributed by atoms with E-state index in [4.69, 9.17) is 9.68 Å². The summed E-state index contributed by atoms with van der Waals surface area (Å²) in [6, 6.07) is 3.62. The van der Waals surface area contributed by atoms with E-state index in [1.807, 2.05) is 6.07 Å². The van der Waals surface area contributed by atoms with Gasteiger partial charge in [-0.1, -0.05) is 0 Å². The van der Waals surface area contributed by atoms with Gasteiger partial charge in [-0.15, -0.1) is 0 Å². The molecule has 2 nitrogen and oxygen atoms in total. The van der Waals surface area contributed by atoms with Crippen molar-refractivity contribution in [1.82, 2.24) is 0 Å². The third-order valence-corrected chi connectivity index (χ3v) is 1.97. The second-order valence-corrected chi connectivity index (χ2v) is 3.12. The van der Waals surface area contributed by atoms with Gasteiger partial charge in [-0.3, -0.25) is 0 Å². The topological polar surface area (TPSA) is 36.9 Å². The maximum atomic E-state index is 8.17. The van der Waals surface area contributed by atoms with Crippen molar-refractivity contribution in [2.24, 2.45) is 0 Å². The fourth-order valence-corrected chi connectivity index (χ4v) is 1.22. The molecule has 0 aromatic carbocycles. The van der Waals surface area contributed by atoms with Gasteiger partial charge < -0.3 is 0 Å². The van der Waals surface area contributed by atoms with Crippen LogP contribution in [0.25, 0.3) is 0 Å². The molecular formula is C5H3AuNO. The van der Waals surface area contributed by atoms with E-state index in [2.05, 4.69) is 4.29 Å². The molecule has 45 valence electrons. The van der Waals surface area contributed by atoms with Crippen LogP contribution in [0.2, 0.25) is 0 Å². The molecule has 1 rings (SSSR count). The second kappa shape index (κ2) is 2.73. The van der Waals surface area contributed by atoms with Crippen LogP contribution in [0.1, 0.15) is 0 Å². The van der Waals surface area contributed by atoms with Gasteiger partial charge in [0.25, 0.3) is 0 Å². The Morgan fingerprint density at radius 1 is 1.75 bits per heavy atom. The monoisotopic (exact) mass is 290 g/mol. The van der Waals surface area contributed by atoms with Crippen LogP contribution < -0.4 is 3.98 Å². The first-order valence-corrected chi connectivity index (χ1v) is 4.09. The van der Waals surface area contributed by atoms with E-state index >= 15 is 0 Å². The first kappa shape index (κ1) is 5.64. The van der Waals surface area contributed by atoms with E-state index in [9.17, 15) is 0 Å². The van der Waals surface area contributed by atoms with Crippen molar-refractivity contribution in [2.75, 3.05) is 0 Å². The number of rotatable bonds is 1. The van der Waals surface area contributed by atoms with Crippen molar-refractivity contribution in [3.05, 3.63) is 18.4 Å². The van der Waals surface area contributed by atoms with Crippen LogP contribution >= 0.6 is 0 Å². The first-order chi connectivity index (χ1) is 3.93. The summed E-state index contributed by atoms with van der Waals surface area (Å²) in [7, 11) is 0. The van der Waals surface area contributed by atoms with Gasteiger partial charge in [-0.25, -0.2) is 0 Å². The van der Waals surface area contributed by atoms with Crippen LogP contribution in [0, 0.1) is 9.55 Å². The summed E-state index contributed by atoms with van der Waals surface area (Å²) in [5, 5.41) is 8.17. The van der Waals surface area contributed by atoms with Gasteiger partial charge in [-0.2, -0.15) is 0 Å². The third kappa shape index (κ3) is 1.24. The SMILES string of the molecule is N#[C][Au][c]1ccco1. The van der Waals surface area contributed by atoms with Gasteiger partial charge in [-0.05, 0) is 0 Å². The third-order valence-electron chi connectivity index (χ3n) is 0.573. The van der Waals surface area contributed by atoms with Crippen LogP contribution in [-0.2, 0) is 19.8 Å². The number of hydrogen-bond acceptors (Lipinski definition) is 2. The Kier molecular flexibility index (Phi) is 1.93. The maximum absolute atomic E-state index is 8.17. The summed E-state index contributed by atoms with van der Waals surface area (Å²) < 4.78 is 7.79. The van der Waals surface area contributed by atoms with Gasteiger partial charge in [0.1, 0.15) is 0 Å². The minimum absolute atomic E-state index is 0.394. The Bertz CT molecular complexity index is 187. The molecule has 0 saturated heterocycles. The Balaban J connectivity index is 2.67. The average molecular weight is 290 g/mol. The van der Waals surface area contributed by atoms with Gasteiger partial charge >= 0.3 is 56.1 Å². The summed E-state index contributed by atoms with van der Waals surface area (Å²) in [6.45, 7) is 0. The first-order valence-electron chi connectivity index (χ1n) is 1.92. The molecule has 1 heterocycles. The Labute approximate surface area is 56.4 Å². The van der Waals surface area contributed by atoms with Crippen LogP contribution in [0.3, 0.4) is 0 Å². The zero-order chi connectivity index (χ0) is 5.82. The summed E-state index contributed by atoms with van der Waals surface area (Å²) in [4.78, 5) is 0. The van der Waals surface area contributed by atoms with Crippen LogP contribution in [0.4, 0.5) is 0 Å². The number of nitrogens with zero attached hydrogens (tertiary/aromatic N) is 1. The normalized spacial score (nSPS) is 8.88. The Morgan fingerprint density at radius 2 is 2.62 bits per heavy atom. The molecule has 0 atom stereocenters. The van der Waals surface area contributed by atoms with Crippen molar-refractivity contribution in [2.45, 2.75) is 0 Å². The minimum atomic E-state index is -0.394. The van der Waals surface area contributed by atoms with Crippen LogP contribution in [-0.4, -0.2) is 0 Å². The van der Waals surface area contributed by atoms with Crippen LogP contribution in [0.5, 0.6) is 0 Å². The quantitative estimate of drug-likeness (QED) is 0.705. The number of nitriles is 1. The van der Waals surface area contributed by atoms with E-state index in [1.54, 1.807) is 12.3 Å². The molecular weight excluding hydrogens is 287 g/mol. The van der Waals surface area contributed by atoms with E-state index in [0.29, 0.717) is 0 Å². The van der Waals surface area contributed by atoms with Crippen LogP contribution in [0.15, 0.2) is 22.8 Å². The molecule has 3 heteroatoms. The molecule has 1 aromatic heterocycles. The molecule has 8 heavy (non-hydrogen) atoms. The molecule has 0 spiro atoms. The molecule has 0 unspecified atom stereocenters. The van der Waals surface area contributed by atoms with Gasteiger partial charge in [0.2, 0.25) is 0 Å². The van der Waals surface area contributed by atoms with Gasteiger partial charge in [0, 0.05) is 0 Å².